The van der Waals surface area contributed by atoms with Gasteiger partial charge in [-0.1, -0.05) is 43.7 Å². The lowest BCUT2D eigenvalue weighted by Crippen LogP contribution is -2.63. The minimum Gasteiger partial charge on any atom is -0.381 e. The van der Waals surface area contributed by atoms with E-state index < -0.39 is 17.0 Å². The minimum atomic E-state index is -0.664. The van der Waals surface area contributed by atoms with Gasteiger partial charge in [-0.25, -0.2) is 0 Å². The van der Waals surface area contributed by atoms with Crippen LogP contribution in [0.15, 0.2) is 48.5 Å². The number of fused-ring (bicyclic) bond motifs is 4. The second-order valence-electron chi connectivity index (χ2n) is 9.42. The van der Waals surface area contributed by atoms with Crippen LogP contribution in [0.2, 0.25) is 0 Å². The lowest BCUT2D eigenvalue weighted by atomic mass is 9.86. The molecule has 9 nitrogen and oxygen atoms in total. The number of non-ortho nitro benzene ring substituents is 1. The number of carbonyl (C=O) groups excluding carboxylic acids is 2. The van der Waals surface area contributed by atoms with Crippen LogP contribution in [-0.4, -0.2) is 63.9 Å². The Labute approximate surface area is 209 Å². The Bertz CT molecular complexity index is 1300. The number of aromatic nitrogens is 1. The van der Waals surface area contributed by atoms with Crippen molar-refractivity contribution in [2.24, 2.45) is 0 Å². The first-order valence-electron chi connectivity index (χ1n) is 12.5. The zero-order valence-corrected chi connectivity index (χ0v) is 20.3. The number of nitrogens with zero attached hydrogens (tertiary/aromatic N) is 3. The van der Waals surface area contributed by atoms with Crippen molar-refractivity contribution in [1.29, 1.82) is 0 Å². The molecule has 2 amide bonds. The summed E-state index contributed by atoms with van der Waals surface area (Å²) in [5.41, 5.74) is 3.27. The lowest BCUT2D eigenvalue weighted by Gasteiger charge is -2.47. The highest BCUT2D eigenvalue weighted by molar-refractivity contribution is 5.97. The number of rotatable bonds is 9. The number of unbranched alkanes of at least 4 members (excludes halogenated alkanes) is 1. The van der Waals surface area contributed by atoms with E-state index in [4.69, 9.17) is 4.74 Å². The van der Waals surface area contributed by atoms with Crippen LogP contribution in [0.1, 0.15) is 49.0 Å². The smallest absolute Gasteiger partial charge is 0.269 e. The molecule has 1 saturated heterocycles. The van der Waals surface area contributed by atoms with E-state index in [0.717, 1.165) is 35.0 Å². The first-order chi connectivity index (χ1) is 17.5. The molecule has 9 heteroatoms. The van der Waals surface area contributed by atoms with Crippen molar-refractivity contribution in [3.63, 3.8) is 0 Å². The molecule has 2 aromatic carbocycles. The molecule has 2 atom stereocenters. The monoisotopic (exact) mass is 490 g/mol. The Kier molecular flexibility index (Phi) is 6.73. The van der Waals surface area contributed by atoms with Crippen molar-refractivity contribution in [1.82, 2.24) is 14.8 Å². The second-order valence-corrected chi connectivity index (χ2v) is 9.42. The van der Waals surface area contributed by atoms with Gasteiger partial charge in [-0.15, -0.1) is 0 Å². The molecule has 0 aliphatic carbocycles. The van der Waals surface area contributed by atoms with Gasteiger partial charge >= 0.3 is 0 Å². The van der Waals surface area contributed by atoms with Crippen LogP contribution in [-0.2, 0) is 20.7 Å². The molecule has 1 N–H and O–H groups in total. The van der Waals surface area contributed by atoms with Crippen LogP contribution >= 0.6 is 0 Å². The Hall–Kier alpha value is -3.72. The number of carbonyl (C=O) groups is 2. The van der Waals surface area contributed by atoms with E-state index in [2.05, 4.69) is 11.9 Å². The van der Waals surface area contributed by atoms with Gasteiger partial charge in [0.2, 0.25) is 11.8 Å². The van der Waals surface area contributed by atoms with Gasteiger partial charge in [0, 0.05) is 54.9 Å². The summed E-state index contributed by atoms with van der Waals surface area (Å²) < 4.78 is 5.63. The van der Waals surface area contributed by atoms with Gasteiger partial charge in [0.15, 0.2) is 0 Å². The van der Waals surface area contributed by atoms with Crippen LogP contribution < -0.4 is 0 Å². The number of aromatic amines is 1. The topological polar surface area (TPSA) is 109 Å². The summed E-state index contributed by atoms with van der Waals surface area (Å²) in [6.45, 7) is 3.81. The molecule has 1 aromatic heterocycles. The molecule has 1 fully saturated rings. The summed E-state index contributed by atoms with van der Waals surface area (Å²) in [5, 5.41) is 12.5. The predicted octanol–water partition coefficient (Wildman–Crippen LogP) is 3.97. The highest BCUT2D eigenvalue weighted by atomic mass is 16.6. The Balaban J connectivity index is 1.49. The summed E-state index contributed by atoms with van der Waals surface area (Å²) in [4.78, 5) is 45.0. The van der Waals surface area contributed by atoms with E-state index in [1.807, 2.05) is 24.3 Å². The third-order valence-corrected chi connectivity index (χ3v) is 7.10. The summed E-state index contributed by atoms with van der Waals surface area (Å²) in [6.07, 6.45) is 3.14. The minimum absolute atomic E-state index is 0.00865. The van der Waals surface area contributed by atoms with E-state index in [-0.39, 0.29) is 24.0 Å². The normalized spacial score (nSPS) is 19.5. The van der Waals surface area contributed by atoms with Gasteiger partial charge < -0.3 is 19.5 Å². The van der Waals surface area contributed by atoms with Crippen LogP contribution in [0, 0.1) is 10.1 Å². The van der Waals surface area contributed by atoms with Crippen molar-refractivity contribution in [2.75, 3.05) is 26.3 Å². The summed E-state index contributed by atoms with van der Waals surface area (Å²) in [6, 6.07) is 12.9. The zero-order valence-electron chi connectivity index (χ0n) is 20.3. The molecular weight excluding hydrogens is 460 g/mol. The number of nitro groups is 1. The molecule has 3 heterocycles. The summed E-state index contributed by atoms with van der Waals surface area (Å²) >= 11 is 0. The molecule has 3 aromatic rings. The molecule has 5 rings (SSSR count). The van der Waals surface area contributed by atoms with E-state index in [1.54, 1.807) is 21.9 Å². The standard InChI is InChI=1S/C27H30N4O5/c1-2-3-13-36-14-7-12-29-17-24(32)30-23(27(29)33)16-21-20-10-4-5-11-22(20)28-25(21)26(30)18-8-6-9-19(15-18)31(34)35/h4-6,8-11,15,23,26,28H,2-3,7,12-14,16-17H2,1H3/t23-,26?/m0/s1. The molecule has 0 saturated carbocycles. The average molecular weight is 491 g/mol. The number of hydrogen-bond donors (Lipinski definition) is 1. The maximum Gasteiger partial charge on any atom is 0.269 e. The maximum atomic E-state index is 13.7. The van der Waals surface area contributed by atoms with Crippen molar-refractivity contribution in [3.05, 3.63) is 75.5 Å². The van der Waals surface area contributed by atoms with Crippen LogP contribution in [0.4, 0.5) is 5.69 Å². The fourth-order valence-electron chi connectivity index (χ4n) is 5.37. The molecule has 0 bridgehead atoms. The summed E-state index contributed by atoms with van der Waals surface area (Å²) in [5.74, 6) is -0.248. The molecule has 36 heavy (non-hydrogen) atoms. The number of para-hydroxylation sites is 1. The van der Waals surface area contributed by atoms with Gasteiger partial charge in [-0.3, -0.25) is 19.7 Å². The van der Waals surface area contributed by atoms with E-state index in [0.29, 0.717) is 38.2 Å². The van der Waals surface area contributed by atoms with Crippen molar-refractivity contribution >= 4 is 28.4 Å². The first-order valence-corrected chi connectivity index (χ1v) is 12.5. The molecule has 0 spiro atoms. The molecule has 1 unspecified atom stereocenters. The van der Waals surface area contributed by atoms with Crippen LogP contribution in [0.5, 0.6) is 0 Å². The number of benzene rings is 2. The quantitative estimate of drug-likeness (QED) is 0.277. The van der Waals surface area contributed by atoms with Crippen molar-refractivity contribution in [3.8, 4) is 0 Å². The summed E-state index contributed by atoms with van der Waals surface area (Å²) in [7, 11) is 0. The van der Waals surface area contributed by atoms with Gasteiger partial charge in [-0.05, 0) is 30.0 Å². The number of amides is 2. The largest absolute Gasteiger partial charge is 0.381 e. The van der Waals surface area contributed by atoms with E-state index in [9.17, 15) is 19.7 Å². The van der Waals surface area contributed by atoms with E-state index >= 15 is 0 Å². The molecule has 188 valence electrons. The second kappa shape index (κ2) is 10.1. The van der Waals surface area contributed by atoms with Crippen molar-refractivity contribution in [2.45, 2.75) is 44.7 Å². The lowest BCUT2D eigenvalue weighted by molar-refractivity contribution is -0.384. The molecule has 0 radical (unpaired) electrons. The van der Waals surface area contributed by atoms with Crippen LogP contribution in [0.25, 0.3) is 10.9 Å². The van der Waals surface area contributed by atoms with Gasteiger partial charge in [0.05, 0.1) is 17.5 Å². The zero-order chi connectivity index (χ0) is 25.2. The number of hydrogen-bond acceptors (Lipinski definition) is 5. The predicted molar refractivity (Wildman–Crippen MR) is 135 cm³/mol. The molecular formula is C27H30N4O5. The number of ether oxygens (including phenoxy) is 1. The Morgan fingerprint density at radius 2 is 1.92 bits per heavy atom. The number of nitro benzene ring substituents is 1. The third-order valence-electron chi connectivity index (χ3n) is 7.10. The van der Waals surface area contributed by atoms with Crippen molar-refractivity contribution < 1.29 is 19.2 Å². The number of nitrogens with one attached hydrogen (secondary N) is 1. The van der Waals surface area contributed by atoms with Gasteiger partial charge in [-0.2, -0.15) is 0 Å². The first kappa shape index (κ1) is 24.0. The fraction of sp³-hybridized carbons (Fsp3) is 0.407. The molecule has 2 aliphatic heterocycles. The number of piperazine rings is 1. The van der Waals surface area contributed by atoms with Gasteiger partial charge in [0.25, 0.3) is 5.69 Å². The third kappa shape index (κ3) is 4.35. The average Bonchev–Trinajstić information content (AvgIpc) is 3.26. The number of H-pyrrole nitrogens is 1. The Morgan fingerprint density at radius 3 is 2.72 bits per heavy atom. The van der Waals surface area contributed by atoms with Gasteiger partial charge in [0.1, 0.15) is 6.04 Å². The SMILES string of the molecule is CCCCOCCCN1CC(=O)N2C(c3cccc([N+](=O)[O-])c3)c3[nH]c4ccccc4c3C[C@H]2C1=O. The maximum absolute atomic E-state index is 13.7. The Morgan fingerprint density at radius 1 is 1.11 bits per heavy atom. The molecule has 2 aliphatic rings. The van der Waals surface area contributed by atoms with Crippen LogP contribution in [0.3, 0.4) is 0 Å². The highest BCUT2D eigenvalue weighted by Gasteiger charge is 2.48. The fourth-order valence-corrected chi connectivity index (χ4v) is 5.37. The van der Waals surface area contributed by atoms with E-state index in [1.165, 1.54) is 12.1 Å². The highest BCUT2D eigenvalue weighted by Crippen LogP contribution is 2.43.